The highest BCUT2D eigenvalue weighted by atomic mass is 16.2. The summed E-state index contributed by atoms with van der Waals surface area (Å²) in [5.74, 6) is 0.449. The second kappa shape index (κ2) is 6.55. The number of rotatable bonds is 5. The summed E-state index contributed by atoms with van der Waals surface area (Å²) in [4.78, 5) is 13.9. The van der Waals surface area contributed by atoms with E-state index in [-0.39, 0.29) is 11.9 Å². The molecule has 0 aliphatic carbocycles. The molecule has 3 heteroatoms. The minimum absolute atomic E-state index is 0.0139. The van der Waals surface area contributed by atoms with Crippen molar-refractivity contribution < 1.29 is 4.79 Å². The van der Waals surface area contributed by atoms with Crippen LogP contribution in [0.5, 0.6) is 0 Å². The highest BCUT2D eigenvalue weighted by Gasteiger charge is 2.23. The maximum atomic E-state index is 12.2. The number of hydrogen-bond acceptors (Lipinski definition) is 2. The third-order valence-electron chi connectivity index (χ3n) is 3.25. The fourth-order valence-electron chi connectivity index (χ4n) is 2.02. The van der Waals surface area contributed by atoms with Crippen molar-refractivity contribution in [3.63, 3.8) is 0 Å². The molecule has 0 radical (unpaired) electrons. The summed E-state index contributed by atoms with van der Waals surface area (Å²) < 4.78 is 0. The molecule has 1 amide bonds. The maximum Gasteiger partial charge on any atom is 0.239 e. The normalized spacial score (nSPS) is 14.3. The van der Waals surface area contributed by atoms with Gasteiger partial charge in [-0.05, 0) is 24.8 Å². The summed E-state index contributed by atoms with van der Waals surface area (Å²) in [6.45, 7) is 6.18. The molecule has 1 unspecified atom stereocenters. The van der Waals surface area contributed by atoms with Crippen molar-refractivity contribution in [1.82, 2.24) is 4.90 Å². The Kier molecular flexibility index (Phi) is 5.35. The lowest BCUT2D eigenvalue weighted by Crippen LogP contribution is -2.43. The van der Waals surface area contributed by atoms with E-state index in [0.29, 0.717) is 5.92 Å². The van der Waals surface area contributed by atoms with Crippen LogP contribution in [0.25, 0.3) is 0 Å². The van der Waals surface area contributed by atoms with E-state index < -0.39 is 6.04 Å². The third kappa shape index (κ3) is 3.84. The average Bonchev–Trinajstić information content (AvgIpc) is 2.36. The first-order valence-corrected chi connectivity index (χ1v) is 6.50. The topological polar surface area (TPSA) is 46.3 Å². The molecule has 0 fully saturated rings. The second-order valence-electron chi connectivity index (χ2n) is 5.27. The lowest BCUT2D eigenvalue weighted by molar-refractivity contribution is -0.133. The van der Waals surface area contributed by atoms with E-state index in [0.717, 1.165) is 12.0 Å². The van der Waals surface area contributed by atoms with Gasteiger partial charge in [0.05, 0.1) is 12.1 Å². The van der Waals surface area contributed by atoms with Crippen molar-refractivity contribution >= 4 is 5.91 Å². The third-order valence-corrected chi connectivity index (χ3v) is 3.25. The lowest BCUT2D eigenvalue weighted by Gasteiger charge is -2.28. The van der Waals surface area contributed by atoms with Gasteiger partial charge in [0.25, 0.3) is 0 Å². The molecular weight excluding hydrogens is 224 g/mol. The Morgan fingerprint density at radius 3 is 2.28 bits per heavy atom. The summed E-state index contributed by atoms with van der Waals surface area (Å²) in [5.41, 5.74) is 7.07. The van der Waals surface area contributed by atoms with E-state index >= 15 is 0 Å². The summed E-state index contributed by atoms with van der Waals surface area (Å²) in [5, 5.41) is 0. The van der Waals surface area contributed by atoms with Gasteiger partial charge in [0.2, 0.25) is 5.91 Å². The molecular formula is C15H24N2O. The second-order valence-corrected chi connectivity index (χ2v) is 5.27. The van der Waals surface area contributed by atoms with Gasteiger partial charge >= 0.3 is 0 Å². The van der Waals surface area contributed by atoms with Crippen molar-refractivity contribution in [2.75, 3.05) is 7.05 Å². The fraction of sp³-hybridized carbons (Fsp3) is 0.533. The van der Waals surface area contributed by atoms with Crippen molar-refractivity contribution in [1.29, 1.82) is 0 Å². The van der Waals surface area contributed by atoms with Gasteiger partial charge in [-0.2, -0.15) is 0 Å². The molecule has 18 heavy (non-hydrogen) atoms. The van der Waals surface area contributed by atoms with Crippen LogP contribution in [0.2, 0.25) is 0 Å². The largest absolute Gasteiger partial charge is 0.338 e. The summed E-state index contributed by atoms with van der Waals surface area (Å²) in [7, 11) is 1.82. The minimum atomic E-state index is -0.402. The van der Waals surface area contributed by atoms with E-state index in [9.17, 15) is 4.79 Å². The zero-order chi connectivity index (χ0) is 13.7. The first kappa shape index (κ1) is 14.7. The van der Waals surface area contributed by atoms with E-state index in [1.807, 2.05) is 44.3 Å². The van der Waals surface area contributed by atoms with Crippen LogP contribution in [-0.4, -0.2) is 23.9 Å². The van der Waals surface area contributed by atoms with Crippen LogP contribution in [0.15, 0.2) is 30.3 Å². The zero-order valence-electron chi connectivity index (χ0n) is 11.8. The van der Waals surface area contributed by atoms with E-state index in [4.69, 9.17) is 5.73 Å². The highest BCUT2D eigenvalue weighted by molar-refractivity contribution is 5.81. The maximum absolute atomic E-state index is 12.2. The molecule has 100 valence electrons. The Balaban J connectivity index is 2.69. The molecule has 1 aromatic rings. The number of benzene rings is 1. The molecule has 0 heterocycles. The molecule has 1 aromatic carbocycles. The standard InChI is InChI=1S/C15H24N2O/c1-11(2)10-14(16)15(18)17(4)12(3)13-8-6-5-7-9-13/h5-9,11-12,14H,10,16H2,1-4H3/t12?,14-/m1/s1. The Morgan fingerprint density at radius 2 is 1.78 bits per heavy atom. The number of carbonyl (C=O) groups excluding carboxylic acids is 1. The molecule has 2 N–H and O–H groups in total. The predicted molar refractivity (Wildman–Crippen MR) is 75.1 cm³/mol. The van der Waals surface area contributed by atoms with Crippen molar-refractivity contribution in [3.8, 4) is 0 Å². The minimum Gasteiger partial charge on any atom is -0.338 e. The van der Waals surface area contributed by atoms with Gasteiger partial charge in [-0.3, -0.25) is 4.79 Å². The van der Waals surface area contributed by atoms with Gasteiger partial charge in [-0.15, -0.1) is 0 Å². The molecule has 0 saturated heterocycles. The van der Waals surface area contributed by atoms with Gasteiger partial charge < -0.3 is 10.6 Å². The molecule has 0 saturated carbocycles. The molecule has 3 nitrogen and oxygen atoms in total. The monoisotopic (exact) mass is 248 g/mol. The SMILES string of the molecule is CC(C)C[C@@H](N)C(=O)N(C)C(C)c1ccccc1. The van der Waals surface area contributed by atoms with E-state index in [2.05, 4.69) is 13.8 Å². The number of nitrogens with zero attached hydrogens (tertiary/aromatic N) is 1. The Hall–Kier alpha value is -1.35. The van der Waals surface area contributed by atoms with Crippen LogP contribution >= 0.6 is 0 Å². The predicted octanol–water partition coefficient (Wildman–Crippen LogP) is 2.58. The molecule has 0 aliphatic heterocycles. The average molecular weight is 248 g/mol. The van der Waals surface area contributed by atoms with Crippen LogP contribution in [0.3, 0.4) is 0 Å². The summed E-state index contributed by atoms with van der Waals surface area (Å²) in [6.07, 6.45) is 0.727. The number of nitrogens with two attached hydrogens (primary N) is 1. The summed E-state index contributed by atoms with van der Waals surface area (Å²) >= 11 is 0. The molecule has 2 atom stereocenters. The van der Waals surface area contributed by atoms with Crippen LogP contribution in [0.4, 0.5) is 0 Å². The van der Waals surface area contributed by atoms with Gasteiger partial charge in [0, 0.05) is 7.05 Å². The molecule has 0 bridgehead atoms. The van der Waals surface area contributed by atoms with Crippen molar-refractivity contribution in [2.24, 2.45) is 11.7 Å². The van der Waals surface area contributed by atoms with Crippen molar-refractivity contribution in [2.45, 2.75) is 39.3 Å². The van der Waals surface area contributed by atoms with Gasteiger partial charge in [0.15, 0.2) is 0 Å². The Labute approximate surface area is 110 Å². The van der Waals surface area contributed by atoms with E-state index in [1.54, 1.807) is 4.90 Å². The number of hydrogen-bond donors (Lipinski definition) is 1. The lowest BCUT2D eigenvalue weighted by atomic mass is 10.0. The molecule has 0 spiro atoms. The zero-order valence-corrected chi connectivity index (χ0v) is 11.8. The van der Waals surface area contributed by atoms with Crippen molar-refractivity contribution in [3.05, 3.63) is 35.9 Å². The molecule has 0 aromatic heterocycles. The molecule has 1 rings (SSSR count). The number of carbonyl (C=O) groups is 1. The fourth-order valence-corrected chi connectivity index (χ4v) is 2.02. The van der Waals surface area contributed by atoms with Crippen LogP contribution in [0, 0.1) is 5.92 Å². The Bertz CT molecular complexity index is 375. The van der Waals surface area contributed by atoms with E-state index in [1.165, 1.54) is 0 Å². The van der Waals surface area contributed by atoms with Gasteiger partial charge in [0.1, 0.15) is 0 Å². The van der Waals surface area contributed by atoms with Crippen LogP contribution < -0.4 is 5.73 Å². The number of amides is 1. The molecule has 0 aliphatic rings. The smallest absolute Gasteiger partial charge is 0.239 e. The van der Waals surface area contributed by atoms with Gasteiger partial charge in [-0.1, -0.05) is 44.2 Å². The first-order valence-electron chi connectivity index (χ1n) is 6.50. The van der Waals surface area contributed by atoms with Crippen LogP contribution in [-0.2, 0) is 4.79 Å². The number of likely N-dealkylation sites (N-methyl/N-ethyl adjacent to an activating group) is 1. The van der Waals surface area contributed by atoms with Crippen LogP contribution in [0.1, 0.15) is 38.8 Å². The highest BCUT2D eigenvalue weighted by Crippen LogP contribution is 2.19. The summed E-state index contributed by atoms with van der Waals surface area (Å²) in [6, 6.07) is 9.65. The first-order chi connectivity index (χ1) is 8.43. The quantitative estimate of drug-likeness (QED) is 0.870. The van der Waals surface area contributed by atoms with Gasteiger partial charge in [-0.25, -0.2) is 0 Å². The Morgan fingerprint density at radius 1 is 1.22 bits per heavy atom.